The number of hydrogen-bond donors (Lipinski definition) is 4. The van der Waals surface area contributed by atoms with Crippen LogP contribution in [-0.4, -0.2) is 46.1 Å². The van der Waals surface area contributed by atoms with Gasteiger partial charge in [-0.1, -0.05) is 0 Å². The van der Waals surface area contributed by atoms with E-state index in [-0.39, 0.29) is 5.69 Å². The van der Waals surface area contributed by atoms with Crippen molar-refractivity contribution in [2.24, 2.45) is 0 Å². The number of hydrazine groups is 1. The summed E-state index contributed by atoms with van der Waals surface area (Å²) in [6, 6.07) is 4.22. The zero-order valence-electron chi connectivity index (χ0n) is 9.90. The normalized spacial score (nSPS) is 21.5. The van der Waals surface area contributed by atoms with Crippen LogP contribution in [0.2, 0.25) is 0 Å². The first-order valence-electron chi connectivity index (χ1n) is 5.30. The van der Waals surface area contributed by atoms with Crippen LogP contribution >= 0.6 is 0 Å². The van der Waals surface area contributed by atoms with Crippen molar-refractivity contribution in [1.29, 1.82) is 0 Å². The van der Waals surface area contributed by atoms with E-state index in [1.54, 1.807) is 12.1 Å². The molecule has 2 rings (SSSR count). The summed E-state index contributed by atoms with van der Waals surface area (Å²) in [6.07, 6.45) is 0. The maximum absolute atomic E-state index is 11.8. The molecular weight excluding hydrogens is 256 g/mol. The first-order valence-corrected chi connectivity index (χ1v) is 5.30. The van der Waals surface area contributed by atoms with E-state index in [0.717, 1.165) is 5.01 Å². The van der Waals surface area contributed by atoms with Crippen LogP contribution in [0.15, 0.2) is 24.3 Å². The van der Waals surface area contributed by atoms with Gasteiger partial charge >= 0.3 is 11.9 Å². The zero-order chi connectivity index (χ0) is 14.2. The van der Waals surface area contributed by atoms with Crippen molar-refractivity contribution in [1.82, 2.24) is 5.43 Å². The van der Waals surface area contributed by atoms with Crippen molar-refractivity contribution in [3.8, 4) is 5.75 Å². The molecule has 1 atom stereocenters. The number of aliphatic carboxylic acids is 1. The standard InChI is InChI=1S/C11H12N2O6/c1-19-7-4-2-6(3-5-7)13-10(16)11(17,18)8(12-13)9(14)15/h2-5,8,12,17-18H,1H3,(H,14,15). The Morgan fingerprint density at radius 1 is 1.37 bits per heavy atom. The van der Waals surface area contributed by atoms with Crippen LogP contribution in [0.5, 0.6) is 5.75 Å². The molecule has 0 aromatic heterocycles. The average Bonchev–Trinajstić information content (AvgIpc) is 2.61. The topological polar surface area (TPSA) is 119 Å². The van der Waals surface area contributed by atoms with E-state index < -0.39 is 23.7 Å². The number of benzene rings is 1. The number of anilines is 1. The molecule has 0 radical (unpaired) electrons. The molecule has 1 fully saturated rings. The highest BCUT2D eigenvalue weighted by atomic mass is 16.5. The fraction of sp³-hybridized carbons (Fsp3) is 0.273. The van der Waals surface area contributed by atoms with Gasteiger partial charge in [0.1, 0.15) is 5.75 Å². The molecule has 102 valence electrons. The summed E-state index contributed by atoms with van der Waals surface area (Å²) < 4.78 is 4.94. The van der Waals surface area contributed by atoms with Gasteiger partial charge in [0.25, 0.3) is 5.79 Å². The molecule has 0 aliphatic carbocycles. The number of nitrogens with zero attached hydrogens (tertiary/aromatic N) is 1. The van der Waals surface area contributed by atoms with Gasteiger partial charge in [-0.3, -0.25) is 9.59 Å². The van der Waals surface area contributed by atoms with E-state index in [1.807, 2.05) is 0 Å². The minimum Gasteiger partial charge on any atom is -0.497 e. The molecule has 1 aliphatic heterocycles. The zero-order valence-corrected chi connectivity index (χ0v) is 9.90. The van der Waals surface area contributed by atoms with Gasteiger partial charge in [0, 0.05) is 0 Å². The fourth-order valence-electron chi connectivity index (χ4n) is 1.72. The van der Waals surface area contributed by atoms with E-state index in [0.29, 0.717) is 5.75 Å². The molecule has 1 unspecified atom stereocenters. The van der Waals surface area contributed by atoms with Crippen LogP contribution in [0.3, 0.4) is 0 Å². The van der Waals surface area contributed by atoms with E-state index >= 15 is 0 Å². The number of hydrogen-bond acceptors (Lipinski definition) is 6. The second kappa shape index (κ2) is 4.50. The molecule has 1 heterocycles. The molecule has 1 aromatic carbocycles. The lowest BCUT2D eigenvalue weighted by Crippen LogP contribution is -2.51. The van der Waals surface area contributed by atoms with Crippen LogP contribution in [0.25, 0.3) is 0 Å². The van der Waals surface area contributed by atoms with Crippen molar-refractivity contribution in [2.45, 2.75) is 11.8 Å². The van der Waals surface area contributed by atoms with E-state index in [1.165, 1.54) is 19.2 Å². The molecule has 1 aromatic rings. The SMILES string of the molecule is COc1ccc(N2NC(C(=O)O)C(O)(O)C2=O)cc1. The third kappa shape index (κ3) is 2.12. The van der Waals surface area contributed by atoms with E-state index in [2.05, 4.69) is 5.43 Å². The quantitative estimate of drug-likeness (QED) is 0.502. The van der Waals surface area contributed by atoms with Crippen molar-refractivity contribution in [2.75, 3.05) is 12.1 Å². The minimum atomic E-state index is -2.99. The smallest absolute Gasteiger partial charge is 0.328 e. The van der Waals surface area contributed by atoms with Gasteiger partial charge in [0.2, 0.25) is 0 Å². The number of carbonyl (C=O) groups is 2. The predicted octanol–water partition coefficient (Wildman–Crippen LogP) is -1.32. The van der Waals surface area contributed by atoms with Gasteiger partial charge < -0.3 is 20.1 Å². The van der Waals surface area contributed by atoms with Gasteiger partial charge in [-0.2, -0.15) is 0 Å². The summed E-state index contributed by atoms with van der Waals surface area (Å²) in [4.78, 5) is 22.6. The molecule has 0 saturated carbocycles. The Bertz CT molecular complexity index is 512. The third-order valence-electron chi connectivity index (χ3n) is 2.76. The molecule has 8 heteroatoms. The Balaban J connectivity index is 2.31. The molecule has 1 aliphatic rings. The maximum Gasteiger partial charge on any atom is 0.328 e. The molecule has 19 heavy (non-hydrogen) atoms. The second-order valence-electron chi connectivity index (χ2n) is 3.97. The van der Waals surface area contributed by atoms with Crippen molar-refractivity contribution in [3.05, 3.63) is 24.3 Å². The molecule has 0 spiro atoms. The van der Waals surface area contributed by atoms with E-state index in [9.17, 15) is 19.8 Å². The number of amides is 1. The average molecular weight is 268 g/mol. The summed E-state index contributed by atoms with van der Waals surface area (Å²) >= 11 is 0. The predicted molar refractivity (Wildman–Crippen MR) is 62.2 cm³/mol. The highest BCUT2D eigenvalue weighted by molar-refractivity contribution is 6.04. The van der Waals surface area contributed by atoms with Gasteiger partial charge in [0.05, 0.1) is 12.8 Å². The lowest BCUT2D eigenvalue weighted by atomic mass is 10.1. The fourth-order valence-corrected chi connectivity index (χ4v) is 1.72. The number of carboxylic acid groups (broad SMARTS) is 1. The molecular formula is C11H12N2O6. The number of nitrogens with one attached hydrogen (secondary N) is 1. The molecule has 0 bridgehead atoms. The lowest BCUT2D eigenvalue weighted by molar-refractivity contribution is -0.189. The maximum atomic E-state index is 11.8. The first-order chi connectivity index (χ1) is 8.87. The highest BCUT2D eigenvalue weighted by Gasteiger charge is 2.56. The first kappa shape index (κ1) is 13.3. The van der Waals surface area contributed by atoms with Gasteiger partial charge in [-0.15, -0.1) is 0 Å². The number of ether oxygens (including phenoxy) is 1. The summed E-state index contributed by atoms with van der Waals surface area (Å²) in [5.74, 6) is -5.16. The highest BCUT2D eigenvalue weighted by Crippen LogP contribution is 2.26. The van der Waals surface area contributed by atoms with Crippen LogP contribution in [0, 0.1) is 0 Å². The van der Waals surface area contributed by atoms with Crippen LogP contribution < -0.4 is 15.2 Å². The van der Waals surface area contributed by atoms with Gasteiger partial charge in [-0.25, -0.2) is 10.4 Å². The van der Waals surface area contributed by atoms with Crippen LogP contribution in [0.4, 0.5) is 5.69 Å². The number of rotatable bonds is 3. The Morgan fingerprint density at radius 2 is 1.95 bits per heavy atom. The third-order valence-corrected chi connectivity index (χ3v) is 2.76. The number of aliphatic hydroxyl groups is 2. The Morgan fingerprint density at radius 3 is 2.37 bits per heavy atom. The Kier molecular flexibility index (Phi) is 3.14. The number of carbonyl (C=O) groups excluding carboxylic acids is 1. The van der Waals surface area contributed by atoms with Crippen molar-refractivity contribution < 1.29 is 29.6 Å². The number of carboxylic acids is 1. The second-order valence-corrected chi connectivity index (χ2v) is 3.97. The molecule has 8 nitrogen and oxygen atoms in total. The van der Waals surface area contributed by atoms with Gasteiger partial charge in [-0.05, 0) is 24.3 Å². The Labute approximate surface area is 107 Å². The van der Waals surface area contributed by atoms with Crippen LogP contribution in [0.1, 0.15) is 0 Å². The van der Waals surface area contributed by atoms with Gasteiger partial charge in [0.15, 0.2) is 6.04 Å². The van der Waals surface area contributed by atoms with Crippen molar-refractivity contribution >= 4 is 17.6 Å². The molecule has 1 amide bonds. The number of methoxy groups -OCH3 is 1. The van der Waals surface area contributed by atoms with Crippen molar-refractivity contribution in [3.63, 3.8) is 0 Å². The summed E-state index contributed by atoms with van der Waals surface area (Å²) in [5.41, 5.74) is 2.49. The minimum absolute atomic E-state index is 0.266. The monoisotopic (exact) mass is 268 g/mol. The lowest BCUT2D eigenvalue weighted by Gasteiger charge is -2.16. The Hall–Kier alpha value is -2.16. The molecule has 1 saturated heterocycles. The van der Waals surface area contributed by atoms with Crippen LogP contribution in [-0.2, 0) is 9.59 Å². The molecule has 4 N–H and O–H groups in total. The largest absolute Gasteiger partial charge is 0.497 e. The summed E-state index contributed by atoms with van der Waals surface area (Å²) in [5, 5.41) is 28.7. The van der Waals surface area contributed by atoms with E-state index in [4.69, 9.17) is 9.84 Å². The summed E-state index contributed by atoms with van der Waals surface area (Å²) in [6.45, 7) is 0. The summed E-state index contributed by atoms with van der Waals surface area (Å²) in [7, 11) is 1.47.